The van der Waals surface area contributed by atoms with Gasteiger partial charge in [0, 0.05) is 36.2 Å². The van der Waals surface area contributed by atoms with E-state index in [4.69, 9.17) is 9.47 Å². The van der Waals surface area contributed by atoms with Gasteiger partial charge in [-0.2, -0.15) is 0 Å². The van der Waals surface area contributed by atoms with E-state index in [1.54, 1.807) is 31.1 Å². The van der Waals surface area contributed by atoms with Gasteiger partial charge < -0.3 is 14.4 Å². The number of carbonyl (C=O) groups excluding carboxylic acids is 1. The molecule has 134 valence electrons. The van der Waals surface area contributed by atoms with Gasteiger partial charge in [-0.25, -0.2) is 0 Å². The summed E-state index contributed by atoms with van der Waals surface area (Å²) in [6, 6.07) is 13.0. The highest BCUT2D eigenvalue weighted by Gasteiger charge is 2.25. The van der Waals surface area contributed by atoms with Crippen molar-refractivity contribution >= 4 is 5.91 Å². The molecule has 1 heterocycles. The first-order valence-corrected chi connectivity index (χ1v) is 8.57. The highest BCUT2D eigenvalue weighted by Crippen LogP contribution is 2.34. The Labute approximate surface area is 154 Å². The second kappa shape index (κ2) is 7.13. The number of hydrogen-bond donors (Lipinski definition) is 0. The van der Waals surface area contributed by atoms with Gasteiger partial charge in [0.05, 0.1) is 13.2 Å². The third-order valence-electron chi connectivity index (χ3n) is 4.07. The maximum atomic E-state index is 11.9. The van der Waals surface area contributed by atoms with Crippen LogP contribution in [-0.2, 0) is 0 Å². The Morgan fingerprint density at radius 1 is 0.923 bits per heavy atom. The average molecular weight is 349 g/mol. The standard InChI is InChI=1S/C22H23NO3/c1-22(2)14-25-19-12-9-17(13-20(19)26-15-22)6-5-16-7-10-18(11-8-16)21(24)23(3)4/h7-13H,14-15H2,1-4H3. The lowest BCUT2D eigenvalue weighted by Crippen LogP contribution is -2.26. The van der Waals surface area contributed by atoms with E-state index in [-0.39, 0.29) is 11.3 Å². The van der Waals surface area contributed by atoms with E-state index in [0.717, 1.165) is 22.6 Å². The van der Waals surface area contributed by atoms with E-state index in [1.165, 1.54) is 0 Å². The van der Waals surface area contributed by atoms with Crippen LogP contribution in [0.25, 0.3) is 0 Å². The van der Waals surface area contributed by atoms with Crippen molar-refractivity contribution in [2.24, 2.45) is 5.41 Å². The van der Waals surface area contributed by atoms with E-state index in [9.17, 15) is 4.79 Å². The average Bonchev–Trinajstić information content (AvgIpc) is 2.78. The van der Waals surface area contributed by atoms with Crippen LogP contribution in [0.15, 0.2) is 42.5 Å². The Balaban J connectivity index is 1.77. The smallest absolute Gasteiger partial charge is 0.253 e. The molecule has 0 aromatic heterocycles. The fourth-order valence-electron chi connectivity index (χ4n) is 2.50. The van der Waals surface area contributed by atoms with Crippen molar-refractivity contribution in [2.75, 3.05) is 27.3 Å². The van der Waals surface area contributed by atoms with Crippen LogP contribution in [0.5, 0.6) is 11.5 Å². The van der Waals surface area contributed by atoms with Gasteiger partial charge in [0.1, 0.15) is 0 Å². The van der Waals surface area contributed by atoms with Crippen LogP contribution >= 0.6 is 0 Å². The quantitative estimate of drug-likeness (QED) is 0.739. The summed E-state index contributed by atoms with van der Waals surface area (Å²) in [6.45, 7) is 5.47. The minimum absolute atomic E-state index is 0.0173. The minimum atomic E-state index is -0.0182. The molecule has 26 heavy (non-hydrogen) atoms. The molecule has 2 aromatic carbocycles. The summed E-state index contributed by atoms with van der Waals surface area (Å²) in [4.78, 5) is 13.5. The summed E-state index contributed by atoms with van der Waals surface area (Å²) in [6.07, 6.45) is 0. The second-order valence-electron chi connectivity index (χ2n) is 7.43. The van der Waals surface area contributed by atoms with Gasteiger partial charge in [-0.1, -0.05) is 25.7 Å². The number of ether oxygens (including phenoxy) is 2. The molecule has 0 saturated carbocycles. The molecule has 0 N–H and O–H groups in total. The summed E-state index contributed by atoms with van der Waals surface area (Å²) in [5, 5.41) is 0. The maximum Gasteiger partial charge on any atom is 0.253 e. The predicted octanol–water partition coefficient (Wildman–Crippen LogP) is 3.59. The predicted molar refractivity (Wildman–Crippen MR) is 102 cm³/mol. The number of fused-ring (bicyclic) bond motifs is 1. The van der Waals surface area contributed by atoms with Crippen molar-refractivity contribution in [3.8, 4) is 23.3 Å². The summed E-state index contributed by atoms with van der Waals surface area (Å²) in [5.74, 6) is 7.74. The fraction of sp³-hybridized carbons (Fsp3) is 0.318. The van der Waals surface area contributed by atoms with Crippen LogP contribution in [0, 0.1) is 17.3 Å². The summed E-state index contributed by atoms with van der Waals surface area (Å²) in [7, 11) is 3.47. The molecule has 0 radical (unpaired) electrons. The lowest BCUT2D eigenvalue weighted by Gasteiger charge is -2.19. The third-order valence-corrected chi connectivity index (χ3v) is 4.07. The van der Waals surface area contributed by atoms with E-state index >= 15 is 0 Å². The number of carbonyl (C=O) groups is 1. The summed E-state index contributed by atoms with van der Waals surface area (Å²) >= 11 is 0. The highest BCUT2D eigenvalue weighted by molar-refractivity contribution is 5.93. The van der Waals surface area contributed by atoms with Crippen molar-refractivity contribution in [3.05, 3.63) is 59.2 Å². The lowest BCUT2D eigenvalue weighted by molar-refractivity contribution is 0.0827. The van der Waals surface area contributed by atoms with Gasteiger partial charge >= 0.3 is 0 Å². The Bertz CT molecular complexity index is 870. The molecule has 0 spiro atoms. The normalized spacial score (nSPS) is 14.6. The molecular weight excluding hydrogens is 326 g/mol. The molecule has 0 fully saturated rings. The monoisotopic (exact) mass is 349 g/mol. The van der Waals surface area contributed by atoms with Gasteiger partial charge in [-0.3, -0.25) is 4.79 Å². The van der Waals surface area contributed by atoms with Gasteiger partial charge in [0.2, 0.25) is 0 Å². The second-order valence-corrected chi connectivity index (χ2v) is 7.43. The van der Waals surface area contributed by atoms with Crippen LogP contribution in [0.2, 0.25) is 0 Å². The Kier molecular flexibility index (Phi) is 4.90. The highest BCUT2D eigenvalue weighted by atomic mass is 16.5. The first-order valence-electron chi connectivity index (χ1n) is 8.57. The maximum absolute atomic E-state index is 11.9. The van der Waals surface area contributed by atoms with Crippen LogP contribution in [0.4, 0.5) is 0 Å². The van der Waals surface area contributed by atoms with Crippen molar-refractivity contribution in [3.63, 3.8) is 0 Å². The molecule has 0 atom stereocenters. The van der Waals surface area contributed by atoms with E-state index in [2.05, 4.69) is 25.7 Å². The van der Waals surface area contributed by atoms with E-state index in [0.29, 0.717) is 18.8 Å². The van der Waals surface area contributed by atoms with Crippen molar-refractivity contribution in [1.82, 2.24) is 4.90 Å². The SMILES string of the molecule is CN(C)C(=O)c1ccc(C#Cc2ccc3c(c2)OCC(C)(C)CO3)cc1. The molecule has 0 unspecified atom stereocenters. The first-order chi connectivity index (χ1) is 12.3. The van der Waals surface area contributed by atoms with Gasteiger partial charge in [0.25, 0.3) is 5.91 Å². The van der Waals surface area contributed by atoms with Crippen LogP contribution < -0.4 is 9.47 Å². The molecule has 1 amide bonds. The summed E-state index contributed by atoms with van der Waals surface area (Å²) in [5.41, 5.74) is 2.35. The molecule has 3 rings (SSSR count). The molecule has 4 heteroatoms. The molecule has 2 aromatic rings. The van der Waals surface area contributed by atoms with Crippen LogP contribution in [-0.4, -0.2) is 38.1 Å². The number of nitrogens with zero attached hydrogens (tertiary/aromatic N) is 1. The Morgan fingerprint density at radius 2 is 1.50 bits per heavy atom. The zero-order valence-electron chi connectivity index (χ0n) is 15.6. The first kappa shape index (κ1) is 17.9. The molecule has 0 bridgehead atoms. The van der Waals surface area contributed by atoms with Gasteiger partial charge in [-0.15, -0.1) is 0 Å². The van der Waals surface area contributed by atoms with Crippen molar-refractivity contribution in [2.45, 2.75) is 13.8 Å². The van der Waals surface area contributed by atoms with Crippen LogP contribution in [0.1, 0.15) is 35.3 Å². The van der Waals surface area contributed by atoms with Crippen molar-refractivity contribution < 1.29 is 14.3 Å². The summed E-state index contributed by atoms with van der Waals surface area (Å²) < 4.78 is 11.7. The Morgan fingerprint density at radius 3 is 2.15 bits per heavy atom. The molecule has 0 aliphatic carbocycles. The number of amides is 1. The molecule has 1 aliphatic rings. The van der Waals surface area contributed by atoms with Gasteiger partial charge in [-0.05, 0) is 42.5 Å². The fourth-order valence-corrected chi connectivity index (χ4v) is 2.50. The number of hydrogen-bond acceptors (Lipinski definition) is 3. The molecular formula is C22H23NO3. The largest absolute Gasteiger partial charge is 0.489 e. The third kappa shape index (κ3) is 4.18. The van der Waals surface area contributed by atoms with Gasteiger partial charge in [0.15, 0.2) is 11.5 Å². The molecule has 0 saturated heterocycles. The van der Waals surface area contributed by atoms with E-state index in [1.807, 2.05) is 30.3 Å². The van der Waals surface area contributed by atoms with Crippen LogP contribution in [0.3, 0.4) is 0 Å². The Hall–Kier alpha value is -2.93. The number of rotatable bonds is 1. The van der Waals surface area contributed by atoms with Crippen molar-refractivity contribution in [1.29, 1.82) is 0 Å². The lowest BCUT2D eigenvalue weighted by atomic mass is 9.97. The minimum Gasteiger partial charge on any atom is -0.489 e. The zero-order valence-corrected chi connectivity index (χ0v) is 15.6. The molecule has 1 aliphatic heterocycles. The topological polar surface area (TPSA) is 38.8 Å². The number of benzene rings is 2. The van der Waals surface area contributed by atoms with E-state index < -0.39 is 0 Å². The molecule has 4 nitrogen and oxygen atoms in total. The zero-order chi connectivity index (χ0) is 18.7.